The van der Waals surface area contributed by atoms with Crippen LogP contribution in [-0.4, -0.2) is 108 Å². The Balaban J connectivity index is 0.806. The van der Waals surface area contributed by atoms with E-state index in [9.17, 15) is 37.2 Å². The number of carbonyl (C=O) groups is 6. The number of thiophene rings is 1. The van der Waals surface area contributed by atoms with Crippen LogP contribution in [0.3, 0.4) is 0 Å². The van der Waals surface area contributed by atoms with Crippen LogP contribution in [0.15, 0.2) is 78.9 Å². The first-order valence-corrected chi connectivity index (χ1v) is 28.7. The molecule has 0 spiro atoms. The van der Waals surface area contributed by atoms with Crippen LogP contribution in [0.5, 0.6) is 5.75 Å². The van der Waals surface area contributed by atoms with Gasteiger partial charge >= 0.3 is 18.0 Å². The van der Waals surface area contributed by atoms with Crippen molar-refractivity contribution in [3.63, 3.8) is 0 Å². The molecule has 9 rings (SSSR count). The third kappa shape index (κ3) is 12.1. The molecule has 4 aliphatic rings. The van der Waals surface area contributed by atoms with Crippen molar-refractivity contribution in [1.29, 1.82) is 0 Å². The van der Waals surface area contributed by atoms with Crippen molar-refractivity contribution in [3.05, 3.63) is 105 Å². The van der Waals surface area contributed by atoms with Gasteiger partial charge in [0.15, 0.2) is 17.2 Å². The molecular formula is C57H65ClN6O11S2. The van der Waals surface area contributed by atoms with Gasteiger partial charge in [-0.1, -0.05) is 54.1 Å². The smallest absolute Gasteiger partial charge is 0.352 e. The molecule has 408 valence electrons. The average Bonchev–Trinajstić information content (AvgIpc) is 4.07. The molecule has 0 bridgehead atoms. The third-order valence-electron chi connectivity index (χ3n) is 14.1. The number of piperidine rings is 3. The number of nitrogens with one attached hydrogen (secondary N) is 3. The van der Waals surface area contributed by atoms with E-state index in [1.807, 2.05) is 62.4 Å². The van der Waals surface area contributed by atoms with Crippen LogP contribution in [0.4, 0.5) is 21.9 Å². The molecule has 0 unspecified atom stereocenters. The predicted molar refractivity (Wildman–Crippen MR) is 297 cm³/mol. The van der Waals surface area contributed by atoms with Crippen LogP contribution in [-0.2, 0) is 39.6 Å². The Hall–Kier alpha value is -6.54. The highest BCUT2D eigenvalue weighted by Gasteiger charge is 2.43. The Morgan fingerprint density at radius 3 is 2.25 bits per heavy atom. The van der Waals surface area contributed by atoms with E-state index in [0.29, 0.717) is 71.7 Å². The van der Waals surface area contributed by atoms with Gasteiger partial charge < -0.3 is 29.7 Å². The standard InChI is InChI=1S/C57H65ClN6O11S2/c1-55(2,3)74-45(66)31-73-48-47(58)49(76-50(48)53(69)75-56(4,5)6)35-13-10-15-37(29-35)59-38-24-27-63(57(7,8)30-38)77(71,72)32-33-12-9-14-36(28-33)60-54(70)62-25-22-34(23-26-62)39-18-19-42-46-40(39)16-11-17-41(46)52(68)64(42)43-20-21-44(65)61-51(43)67/h9-19,28-29,34,38,43,59H,20-27,30-32H2,1-8H3,(H,60,70)(H,61,65,67)/t38-,43+/m0/s1. The van der Waals surface area contributed by atoms with Crippen molar-refractivity contribution in [2.24, 2.45) is 0 Å². The molecule has 2 atom stereocenters. The highest BCUT2D eigenvalue weighted by molar-refractivity contribution is 7.88. The Morgan fingerprint density at radius 2 is 1.55 bits per heavy atom. The van der Waals surface area contributed by atoms with Crippen LogP contribution < -0.4 is 25.6 Å². The molecule has 4 aromatic carbocycles. The molecule has 77 heavy (non-hydrogen) atoms. The molecule has 5 amide bonds. The predicted octanol–water partition coefficient (Wildman–Crippen LogP) is 10.3. The summed E-state index contributed by atoms with van der Waals surface area (Å²) in [7, 11) is -3.82. The summed E-state index contributed by atoms with van der Waals surface area (Å²) >= 11 is 8.03. The molecule has 1 aromatic heterocycles. The number of amides is 5. The van der Waals surface area contributed by atoms with Crippen molar-refractivity contribution in [3.8, 4) is 16.2 Å². The number of hydrogen-bond acceptors (Lipinski definition) is 13. The Labute approximate surface area is 458 Å². The fraction of sp³-hybridized carbons (Fsp3) is 0.439. The average molecular weight is 1110 g/mol. The molecule has 17 nitrogen and oxygen atoms in total. The van der Waals surface area contributed by atoms with E-state index in [1.165, 1.54) is 4.90 Å². The van der Waals surface area contributed by atoms with Crippen molar-refractivity contribution in [1.82, 2.24) is 14.5 Å². The summed E-state index contributed by atoms with van der Waals surface area (Å²) in [6.45, 7) is 15.1. The number of benzene rings is 4. The zero-order valence-electron chi connectivity index (χ0n) is 44.5. The first-order chi connectivity index (χ1) is 36.2. The number of nitrogens with zero attached hydrogens (tertiary/aromatic N) is 3. The topological polar surface area (TPSA) is 210 Å². The van der Waals surface area contributed by atoms with Gasteiger partial charge in [0, 0.05) is 60.0 Å². The van der Waals surface area contributed by atoms with Crippen LogP contribution in [0.1, 0.15) is 131 Å². The molecular weight excluding hydrogens is 1040 g/mol. The largest absolute Gasteiger partial charge is 0.479 e. The minimum atomic E-state index is -3.82. The fourth-order valence-electron chi connectivity index (χ4n) is 10.9. The highest BCUT2D eigenvalue weighted by atomic mass is 35.5. The summed E-state index contributed by atoms with van der Waals surface area (Å²) in [4.78, 5) is 82.0. The number of likely N-dealkylation sites (tertiary alicyclic amines) is 1. The van der Waals surface area contributed by atoms with Gasteiger partial charge in [0.2, 0.25) is 21.8 Å². The van der Waals surface area contributed by atoms with E-state index in [0.717, 1.165) is 33.4 Å². The summed E-state index contributed by atoms with van der Waals surface area (Å²) in [5.41, 5.74) is 2.44. The monoisotopic (exact) mass is 1110 g/mol. The quantitative estimate of drug-likeness (QED) is 0.0743. The van der Waals surface area contributed by atoms with Crippen LogP contribution >= 0.6 is 22.9 Å². The van der Waals surface area contributed by atoms with Gasteiger partial charge in [0.25, 0.3) is 5.91 Å². The normalized spacial score (nSPS) is 19.3. The molecule has 4 aliphatic heterocycles. The Morgan fingerprint density at radius 1 is 0.844 bits per heavy atom. The summed E-state index contributed by atoms with van der Waals surface area (Å²) in [6, 6.07) is 22.8. The van der Waals surface area contributed by atoms with Gasteiger partial charge in [-0.05, 0) is 152 Å². The molecule has 5 aromatic rings. The van der Waals surface area contributed by atoms with Crippen LogP contribution in [0.25, 0.3) is 21.2 Å². The van der Waals surface area contributed by atoms with Gasteiger partial charge in [0.1, 0.15) is 22.3 Å². The van der Waals surface area contributed by atoms with Crippen molar-refractivity contribution < 1.29 is 51.4 Å². The number of carbonyl (C=O) groups excluding carboxylic acids is 6. The van der Waals surface area contributed by atoms with Gasteiger partial charge in [-0.3, -0.25) is 24.6 Å². The zero-order valence-corrected chi connectivity index (χ0v) is 46.9. The molecule has 20 heteroatoms. The number of sulfonamides is 1. The summed E-state index contributed by atoms with van der Waals surface area (Å²) in [5, 5.41) is 10.8. The molecule has 0 saturated carbocycles. The molecule has 5 heterocycles. The van der Waals surface area contributed by atoms with E-state index in [-0.39, 0.29) is 70.6 Å². The molecule has 0 radical (unpaired) electrons. The first kappa shape index (κ1) is 55.2. The zero-order chi connectivity index (χ0) is 55.4. The van der Waals surface area contributed by atoms with Crippen molar-refractivity contribution in [2.75, 3.05) is 41.8 Å². The number of rotatable bonds is 13. The summed E-state index contributed by atoms with van der Waals surface area (Å²) < 4.78 is 47.0. The molecule has 3 saturated heterocycles. The number of urea groups is 1. The minimum Gasteiger partial charge on any atom is -0.479 e. The maximum absolute atomic E-state index is 14.2. The second-order valence-electron chi connectivity index (χ2n) is 22.8. The number of imide groups is 1. The second-order valence-corrected chi connectivity index (χ2v) is 26.1. The van der Waals surface area contributed by atoms with Gasteiger partial charge in [-0.15, -0.1) is 11.3 Å². The second kappa shape index (κ2) is 21.4. The Bertz CT molecular complexity index is 3300. The maximum atomic E-state index is 14.2. The lowest BCUT2D eigenvalue weighted by Crippen LogP contribution is -2.55. The summed E-state index contributed by atoms with van der Waals surface area (Å²) in [5.74, 6) is -2.45. The van der Waals surface area contributed by atoms with Crippen LogP contribution in [0, 0.1) is 0 Å². The maximum Gasteiger partial charge on any atom is 0.352 e. The first-order valence-electron chi connectivity index (χ1n) is 25.9. The van der Waals surface area contributed by atoms with E-state index in [2.05, 4.69) is 16.0 Å². The fourth-order valence-corrected chi connectivity index (χ4v) is 14.3. The van der Waals surface area contributed by atoms with Gasteiger partial charge in [-0.25, -0.2) is 22.8 Å². The van der Waals surface area contributed by atoms with E-state index >= 15 is 0 Å². The lowest BCUT2D eigenvalue weighted by Gasteiger charge is -2.45. The summed E-state index contributed by atoms with van der Waals surface area (Å²) in [6.07, 6.45) is 2.81. The van der Waals surface area contributed by atoms with Crippen molar-refractivity contribution in [2.45, 2.75) is 134 Å². The van der Waals surface area contributed by atoms with Gasteiger partial charge in [-0.2, -0.15) is 4.31 Å². The number of anilines is 3. The Kier molecular flexibility index (Phi) is 15.3. The number of ether oxygens (including phenoxy) is 3. The number of hydrogen-bond donors (Lipinski definition) is 3. The molecule has 3 fully saturated rings. The number of halogens is 1. The number of esters is 2. The van der Waals surface area contributed by atoms with Gasteiger partial charge in [0.05, 0.1) is 16.3 Å². The van der Waals surface area contributed by atoms with Crippen molar-refractivity contribution >= 4 is 96.5 Å². The molecule has 0 aliphatic carbocycles. The highest BCUT2D eigenvalue weighted by Crippen LogP contribution is 2.48. The lowest BCUT2D eigenvalue weighted by atomic mass is 9.85. The molecule has 3 N–H and O–H groups in total. The third-order valence-corrected chi connectivity index (χ3v) is 17.8. The lowest BCUT2D eigenvalue weighted by molar-refractivity contribution is -0.157. The van der Waals surface area contributed by atoms with E-state index in [1.54, 1.807) is 81.1 Å². The van der Waals surface area contributed by atoms with E-state index in [4.69, 9.17) is 25.8 Å². The minimum absolute atomic E-state index is 0.0296. The SMILES string of the molecule is CC(C)(C)OC(=O)COc1c(C(=O)OC(C)(C)C)sc(-c2cccc(N[C@H]3CCN(S(=O)(=O)Cc4cccc(NC(=O)N5CCC(c6ccc7c8c(cccc68)C(=O)N7[C@@H]6CCC(=O)NC6=O)CC5)c4)C(C)(C)C3)c2)c1Cl. The van der Waals surface area contributed by atoms with Crippen LogP contribution in [0.2, 0.25) is 5.02 Å². The van der Waals surface area contributed by atoms with E-state index < -0.39 is 57.3 Å².